The van der Waals surface area contributed by atoms with Gasteiger partial charge in [-0.05, 0) is 6.07 Å². The normalized spacial score (nSPS) is 10.7. The average molecular weight is 273 g/mol. The van der Waals surface area contributed by atoms with Gasteiger partial charge in [0, 0.05) is 40.6 Å². The number of fused-ring (bicyclic) bond motifs is 1. The summed E-state index contributed by atoms with van der Waals surface area (Å²) < 4.78 is 1.94. The number of rotatable bonds is 3. The molecule has 20 heavy (non-hydrogen) atoms. The lowest BCUT2D eigenvalue weighted by Crippen LogP contribution is -2.31. The number of carbonyl (C=O) groups excluding carboxylic acids is 2. The van der Waals surface area contributed by atoms with Gasteiger partial charge in [-0.15, -0.1) is 0 Å². The van der Waals surface area contributed by atoms with E-state index in [-0.39, 0.29) is 0 Å². The number of benzene rings is 1. The molecule has 0 unspecified atom stereocenters. The van der Waals surface area contributed by atoms with Crippen LogP contribution in [0.15, 0.2) is 24.3 Å². The van der Waals surface area contributed by atoms with Crippen molar-refractivity contribution >= 4 is 28.4 Å². The van der Waals surface area contributed by atoms with Crippen LogP contribution >= 0.6 is 0 Å². The summed E-state index contributed by atoms with van der Waals surface area (Å²) in [6.07, 6.45) is 0. The number of likely N-dealkylation sites (N-methyl/N-ethyl adjacent to an activating group) is 1. The number of Topliss-reactive ketones (excluding diaryl/α,β-unsaturated/α-hetero) is 1. The van der Waals surface area contributed by atoms with Gasteiger partial charge in [0.05, 0.1) is 11.1 Å². The van der Waals surface area contributed by atoms with Gasteiger partial charge in [0.15, 0.2) is 0 Å². The molecule has 0 bridgehead atoms. The van der Waals surface area contributed by atoms with E-state index in [1.54, 1.807) is 14.1 Å². The molecule has 0 aliphatic carbocycles. The highest BCUT2D eigenvalue weighted by Gasteiger charge is 2.27. The van der Waals surface area contributed by atoms with E-state index in [0.717, 1.165) is 16.7 Å². The van der Waals surface area contributed by atoms with Crippen LogP contribution in [0.1, 0.15) is 10.4 Å². The number of nitrogens with zero attached hydrogens (tertiary/aromatic N) is 3. The van der Waals surface area contributed by atoms with E-state index in [4.69, 9.17) is 0 Å². The largest absolute Gasteiger partial charge is 0.363 e. The van der Waals surface area contributed by atoms with Crippen LogP contribution in [0.25, 0.3) is 10.9 Å². The van der Waals surface area contributed by atoms with E-state index in [1.165, 1.54) is 4.90 Å². The molecule has 0 saturated carbocycles. The summed E-state index contributed by atoms with van der Waals surface area (Å²) in [5.41, 5.74) is 1.40. The fourth-order valence-corrected chi connectivity index (χ4v) is 2.44. The van der Waals surface area contributed by atoms with Crippen LogP contribution in [-0.4, -0.2) is 49.3 Å². The Bertz CT molecular complexity index is 684. The van der Waals surface area contributed by atoms with Gasteiger partial charge >= 0.3 is 0 Å². The molecular formula is C15H19N3O2. The number of ketones is 1. The minimum atomic E-state index is -0.510. The number of amides is 1. The number of hydrogen-bond acceptors (Lipinski definition) is 3. The second-order valence-corrected chi connectivity index (χ2v) is 5.20. The summed E-state index contributed by atoms with van der Waals surface area (Å²) in [5, 5.41) is 0.805. The number of para-hydroxylation sites is 1. The molecule has 0 atom stereocenters. The average Bonchev–Trinajstić information content (AvgIpc) is 2.71. The zero-order valence-corrected chi connectivity index (χ0v) is 12.5. The Morgan fingerprint density at radius 3 is 2.20 bits per heavy atom. The third kappa shape index (κ3) is 2.05. The van der Waals surface area contributed by atoms with Gasteiger partial charge in [0.25, 0.3) is 11.7 Å². The molecule has 0 spiro atoms. The van der Waals surface area contributed by atoms with E-state index < -0.39 is 11.7 Å². The van der Waals surface area contributed by atoms with Crippen molar-refractivity contribution in [1.82, 2.24) is 9.47 Å². The maximum Gasteiger partial charge on any atom is 0.294 e. The Kier molecular flexibility index (Phi) is 3.53. The summed E-state index contributed by atoms with van der Waals surface area (Å²) >= 11 is 0. The summed E-state index contributed by atoms with van der Waals surface area (Å²) in [6, 6.07) is 7.61. The topological polar surface area (TPSA) is 45.6 Å². The van der Waals surface area contributed by atoms with Crippen LogP contribution in [0.5, 0.6) is 0 Å². The smallest absolute Gasteiger partial charge is 0.294 e. The monoisotopic (exact) mass is 273 g/mol. The van der Waals surface area contributed by atoms with Crippen LogP contribution < -0.4 is 4.90 Å². The molecule has 0 saturated heterocycles. The summed E-state index contributed by atoms with van der Waals surface area (Å²) in [6.45, 7) is 0. The third-order valence-corrected chi connectivity index (χ3v) is 3.33. The quantitative estimate of drug-likeness (QED) is 0.629. The highest BCUT2D eigenvalue weighted by Crippen LogP contribution is 2.31. The highest BCUT2D eigenvalue weighted by molar-refractivity contribution is 6.46. The molecule has 0 radical (unpaired) electrons. The van der Waals surface area contributed by atoms with Crippen molar-refractivity contribution in [3.05, 3.63) is 29.8 Å². The second kappa shape index (κ2) is 5.00. The number of aryl methyl sites for hydroxylation is 1. The predicted octanol–water partition coefficient (Wildman–Crippen LogP) is 1.52. The van der Waals surface area contributed by atoms with E-state index in [9.17, 15) is 9.59 Å². The van der Waals surface area contributed by atoms with Crippen LogP contribution in [0.4, 0.5) is 5.82 Å². The van der Waals surface area contributed by atoms with Crippen LogP contribution in [0.2, 0.25) is 0 Å². The number of anilines is 1. The highest BCUT2D eigenvalue weighted by atomic mass is 16.2. The molecular weight excluding hydrogens is 254 g/mol. The van der Waals surface area contributed by atoms with E-state index in [1.807, 2.05) is 54.9 Å². The first kappa shape index (κ1) is 14.1. The van der Waals surface area contributed by atoms with Crippen molar-refractivity contribution in [2.45, 2.75) is 0 Å². The molecule has 0 aliphatic heterocycles. The molecule has 1 amide bonds. The summed E-state index contributed by atoms with van der Waals surface area (Å²) in [7, 11) is 8.80. The molecule has 1 heterocycles. The first-order valence-corrected chi connectivity index (χ1v) is 6.37. The Morgan fingerprint density at radius 1 is 1.05 bits per heavy atom. The lowest BCUT2D eigenvalue weighted by Gasteiger charge is -2.17. The van der Waals surface area contributed by atoms with Crippen LogP contribution in [0.3, 0.4) is 0 Å². The van der Waals surface area contributed by atoms with Crippen molar-refractivity contribution < 1.29 is 9.59 Å². The molecule has 2 rings (SSSR count). The number of carbonyl (C=O) groups is 2. The number of hydrogen-bond donors (Lipinski definition) is 0. The first-order valence-electron chi connectivity index (χ1n) is 6.37. The number of aromatic nitrogens is 1. The second-order valence-electron chi connectivity index (χ2n) is 5.20. The maximum absolute atomic E-state index is 12.5. The van der Waals surface area contributed by atoms with Gasteiger partial charge in [-0.1, -0.05) is 18.2 Å². The summed E-state index contributed by atoms with van der Waals surface area (Å²) in [4.78, 5) is 27.7. The fraction of sp³-hybridized carbons (Fsp3) is 0.333. The fourth-order valence-electron chi connectivity index (χ4n) is 2.44. The Labute approximate surface area is 118 Å². The van der Waals surface area contributed by atoms with E-state index in [2.05, 4.69) is 0 Å². The first-order chi connectivity index (χ1) is 9.36. The maximum atomic E-state index is 12.5. The van der Waals surface area contributed by atoms with Gasteiger partial charge in [0.2, 0.25) is 0 Å². The van der Waals surface area contributed by atoms with Crippen LogP contribution in [0, 0.1) is 0 Å². The molecule has 0 aliphatic rings. The molecule has 5 heteroatoms. The predicted molar refractivity (Wildman–Crippen MR) is 80.3 cm³/mol. The van der Waals surface area contributed by atoms with Gasteiger partial charge < -0.3 is 14.4 Å². The minimum Gasteiger partial charge on any atom is -0.363 e. The van der Waals surface area contributed by atoms with E-state index >= 15 is 0 Å². The minimum absolute atomic E-state index is 0.465. The van der Waals surface area contributed by atoms with Gasteiger partial charge in [-0.2, -0.15) is 0 Å². The van der Waals surface area contributed by atoms with Crippen LogP contribution in [-0.2, 0) is 11.8 Å². The zero-order valence-electron chi connectivity index (χ0n) is 12.5. The molecule has 1 aromatic heterocycles. The van der Waals surface area contributed by atoms with Crippen molar-refractivity contribution in [1.29, 1.82) is 0 Å². The van der Waals surface area contributed by atoms with Gasteiger partial charge in [0.1, 0.15) is 5.82 Å². The van der Waals surface area contributed by atoms with Crippen molar-refractivity contribution in [3.63, 3.8) is 0 Å². The van der Waals surface area contributed by atoms with Crippen molar-refractivity contribution in [2.24, 2.45) is 7.05 Å². The molecule has 0 fully saturated rings. The van der Waals surface area contributed by atoms with Gasteiger partial charge in [-0.3, -0.25) is 9.59 Å². The SMILES string of the molecule is CN(C)C(=O)C(=O)c1c(N(C)C)n(C)c2ccccc12. The van der Waals surface area contributed by atoms with Crippen molar-refractivity contribution in [3.8, 4) is 0 Å². The lowest BCUT2D eigenvalue weighted by molar-refractivity contribution is -0.124. The zero-order chi connectivity index (χ0) is 15.0. The summed E-state index contributed by atoms with van der Waals surface area (Å²) in [5.74, 6) is -0.244. The Hall–Kier alpha value is -2.30. The standard InChI is InChI=1S/C15H19N3O2/c1-16(2)14-12(13(19)15(20)17(3)4)10-8-6-7-9-11(10)18(14)5/h6-9H,1-5H3. The van der Waals surface area contributed by atoms with E-state index in [0.29, 0.717) is 5.56 Å². The molecule has 1 aromatic carbocycles. The third-order valence-electron chi connectivity index (χ3n) is 3.33. The Morgan fingerprint density at radius 2 is 1.65 bits per heavy atom. The molecule has 0 N–H and O–H groups in total. The van der Waals surface area contributed by atoms with Gasteiger partial charge in [-0.25, -0.2) is 0 Å². The molecule has 5 nitrogen and oxygen atoms in total. The Balaban J connectivity index is 2.77. The van der Waals surface area contributed by atoms with Crippen molar-refractivity contribution in [2.75, 3.05) is 33.1 Å². The molecule has 2 aromatic rings. The lowest BCUT2D eigenvalue weighted by atomic mass is 10.1. The molecule has 106 valence electrons.